The second-order valence-electron chi connectivity index (χ2n) is 4.18. The maximum atomic E-state index is 12.1. The molecule has 6 nitrogen and oxygen atoms in total. The van der Waals surface area contributed by atoms with E-state index in [9.17, 15) is 8.42 Å². The lowest BCUT2D eigenvalue weighted by Gasteiger charge is -2.07. The van der Waals surface area contributed by atoms with Crippen LogP contribution < -0.4 is 4.72 Å². The average molecular weight is 310 g/mol. The number of aromatic nitrogens is 2. The van der Waals surface area contributed by atoms with Crippen LogP contribution in [0.25, 0.3) is 0 Å². The molecule has 1 aromatic heterocycles. The first-order valence-electron chi connectivity index (χ1n) is 6.03. The molecule has 0 amide bonds. The summed E-state index contributed by atoms with van der Waals surface area (Å²) in [4.78, 5) is 0.261. The smallest absolute Gasteiger partial charge is 0.244 e. The first kappa shape index (κ1) is 16.4. The fourth-order valence-electron chi connectivity index (χ4n) is 1.75. The molecule has 0 aromatic carbocycles. The van der Waals surface area contributed by atoms with E-state index in [0.29, 0.717) is 43.4 Å². The van der Waals surface area contributed by atoms with Gasteiger partial charge in [-0.3, -0.25) is 4.68 Å². The summed E-state index contributed by atoms with van der Waals surface area (Å²) in [5.74, 6) is 0.444. The molecular weight excluding hydrogens is 290 g/mol. The number of aryl methyl sites for hydroxylation is 2. The van der Waals surface area contributed by atoms with Crippen molar-refractivity contribution in [3.05, 3.63) is 11.4 Å². The fraction of sp³-hybridized carbons (Fsp3) is 0.727. The van der Waals surface area contributed by atoms with E-state index in [4.69, 9.17) is 16.3 Å². The number of hydrogen-bond acceptors (Lipinski definition) is 4. The first-order valence-corrected chi connectivity index (χ1v) is 8.05. The molecular formula is C11H20ClN3O3S. The molecule has 0 aliphatic rings. The normalized spacial score (nSPS) is 12.0. The van der Waals surface area contributed by atoms with Gasteiger partial charge in [-0.1, -0.05) is 0 Å². The van der Waals surface area contributed by atoms with Gasteiger partial charge in [-0.25, -0.2) is 13.1 Å². The van der Waals surface area contributed by atoms with Crippen LogP contribution in [0.4, 0.5) is 0 Å². The first-order chi connectivity index (χ1) is 8.90. The Labute approximate surface area is 119 Å². The predicted molar refractivity (Wildman–Crippen MR) is 74.0 cm³/mol. The van der Waals surface area contributed by atoms with Crippen LogP contribution in [0.3, 0.4) is 0 Å². The van der Waals surface area contributed by atoms with E-state index in [1.165, 1.54) is 0 Å². The molecule has 0 aliphatic carbocycles. The Morgan fingerprint density at radius 1 is 1.37 bits per heavy atom. The highest BCUT2D eigenvalue weighted by atomic mass is 35.5. The molecule has 110 valence electrons. The van der Waals surface area contributed by atoms with E-state index in [1.54, 1.807) is 25.6 Å². The number of nitrogens with one attached hydrogen (secondary N) is 1. The van der Waals surface area contributed by atoms with E-state index < -0.39 is 10.0 Å². The lowest BCUT2D eigenvalue weighted by molar-refractivity contribution is 0.147. The topological polar surface area (TPSA) is 73.2 Å². The monoisotopic (exact) mass is 309 g/mol. The average Bonchev–Trinajstić information content (AvgIpc) is 2.58. The highest BCUT2D eigenvalue weighted by Crippen LogP contribution is 2.17. The van der Waals surface area contributed by atoms with Gasteiger partial charge in [-0.2, -0.15) is 5.10 Å². The maximum absolute atomic E-state index is 12.1. The third-order valence-corrected chi connectivity index (χ3v) is 4.56. The number of rotatable bonds is 8. The number of sulfonamides is 1. The maximum Gasteiger partial charge on any atom is 0.244 e. The summed E-state index contributed by atoms with van der Waals surface area (Å²) in [6.07, 6.45) is 0.606. The Hall–Kier alpha value is -0.630. The molecule has 1 rings (SSSR count). The van der Waals surface area contributed by atoms with Gasteiger partial charge >= 0.3 is 0 Å². The van der Waals surface area contributed by atoms with Crippen molar-refractivity contribution in [1.82, 2.24) is 14.5 Å². The highest BCUT2D eigenvalue weighted by molar-refractivity contribution is 7.89. The number of nitrogens with zero attached hydrogens (tertiary/aromatic N) is 2. The molecule has 8 heteroatoms. The van der Waals surface area contributed by atoms with Gasteiger partial charge < -0.3 is 4.74 Å². The molecule has 1 N–H and O–H groups in total. The third kappa shape index (κ3) is 4.45. The van der Waals surface area contributed by atoms with Crippen molar-refractivity contribution in [2.45, 2.75) is 25.2 Å². The highest BCUT2D eigenvalue weighted by Gasteiger charge is 2.22. The molecule has 1 aromatic rings. The minimum absolute atomic E-state index is 0.261. The van der Waals surface area contributed by atoms with Crippen molar-refractivity contribution >= 4 is 21.6 Å². The van der Waals surface area contributed by atoms with Crippen molar-refractivity contribution < 1.29 is 13.2 Å². The quantitative estimate of drug-likeness (QED) is 0.573. The largest absolute Gasteiger partial charge is 0.380 e. The summed E-state index contributed by atoms with van der Waals surface area (Å²) >= 11 is 5.46. The number of halogens is 1. The van der Waals surface area contributed by atoms with Gasteiger partial charge in [0, 0.05) is 26.1 Å². The molecule has 1 heterocycles. The van der Waals surface area contributed by atoms with E-state index in [-0.39, 0.29) is 4.90 Å². The van der Waals surface area contributed by atoms with Gasteiger partial charge in [-0.15, -0.1) is 11.6 Å². The van der Waals surface area contributed by atoms with Crippen LogP contribution in [0.5, 0.6) is 0 Å². The second-order valence-corrected chi connectivity index (χ2v) is 6.26. The lowest BCUT2D eigenvalue weighted by atomic mass is 10.4. The molecule has 0 saturated carbocycles. The molecule has 19 heavy (non-hydrogen) atoms. The molecule has 0 spiro atoms. The zero-order valence-electron chi connectivity index (χ0n) is 11.4. The lowest BCUT2D eigenvalue weighted by Crippen LogP contribution is -2.26. The summed E-state index contributed by atoms with van der Waals surface area (Å²) in [7, 11) is -1.78. The van der Waals surface area contributed by atoms with Crippen LogP contribution >= 0.6 is 11.6 Å². The molecule has 0 radical (unpaired) electrons. The van der Waals surface area contributed by atoms with E-state index in [0.717, 1.165) is 0 Å². The minimum Gasteiger partial charge on any atom is -0.380 e. The third-order valence-electron chi connectivity index (χ3n) is 2.69. The Balaban J connectivity index is 2.57. The van der Waals surface area contributed by atoms with Gasteiger partial charge in [0.05, 0.1) is 18.0 Å². The van der Waals surface area contributed by atoms with Gasteiger partial charge in [0.25, 0.3) is 0 Å². The van der Waals surface area contributed by atoms with Crippen molar-refractivity contribution in [2.75, 3.05) is 25.6 Å². The number of alkyl halides is 1. The fourth-order valence-corrected chi connectivity index (χ4v) is 3.37. The molecule has 0 saturated heterocycles. The van der Waals surface area contributed by atoms with E-state index in [2.05, 4.69) is 9.82 Å². The van der Waals surface area contributed by atoms with Crippen molar-refractivity contribution in [3.8, 4) is 0 Å². The molecule has 0 aliphatic heterocycles. The predicted octanol–water partition coefficient (Wildman–Crippen LogP) is 0.961. The van der Waals surface area contributed by atoms with Crippen LogP contribution in [0, 0.1) is 13.8 Å². The van der Waals surface area contributed by atoms with Gasteiger partial charge in [-0.05, 0) is 20.3 Å². The van der Waals surface area contributed by atoms with Crippen molar-refractivity contribution in [2.24, 2.45) is 7.05 Å². The standard InChI is InChI=1S/C11H20ClN3O3S/c1-9-11(10(2)15(3)14-9)19(16,17)13-6-4-7-18-8-5-12/h13H,4-8H2,1-3H3. The zero-order valence-corrected chi connectivity index (χ0v) is 13.0. The van der Waals surface area contributed by atoms with E-state index in [1.807, 2.05) is 0 Å². The molecule has 0 fully saturated rings. The summed E-state index contributed by atoms with van der Waals surface area (Å²) in [6.45, 7) is 4.72. The van der Waals surface area contributed by atoms with Gasteiger partial charge in [0.2, 0.25) is 10.0 Å². The van der Waals surface area contributed by atoms with Crippen LogP contribution in [0.15, 0.2) is 4.90 Å². The summed E-state index contributed by atoms with van der Waals surface area (Å²) in [6, 6.07) is 0. The molecule has 0 atom stereocenters. The summed E-state index contributed by atoms with van der Waals surface area (Å²) in [5, 5.41) is 4.10. The van der Waals surface area contributed by atoms with Crippen molar-refractivity contribution in [1.29, 1.82) is 0 Å². The van der Waals surface area contributed by atoms with Crippen molar-refractivity contribution in [3.63, 3.8) is 0 Å². The Morgan fingerprint density at radius 3 is 2.58 bits per heavy atom. The minimum atomic E-state index is -3.51. The molecule has 0 unspecified atom stereocenters. The van der Waals surface area contributed by atoms with Crippen LogP contribution in [0.2, 0.25) is 0 Å². The Morgan fingerprint density at radius 2 is 2.05 bits per heavy atom. The van der Waals surface area contributed by atoms with Gasteiger partial charge in [0.1, 0.15) is 4.90 Å². The van der Waals surface area contributed by atoms with Crippen LogP contribution in [0.1, 0.15) is 17.8 Å². The Kier molecular flexibility index (Phi) is 6.25. The zero-order chi connectivity index (χ0) is 14.5. The van der Waals surface area contributed by atoms with Crippen LogP contribution in [-0.4, -0.2) is 43.8 Å². The summed E-state index contributed by atoms with van der Waals surface area (Å²) in [5.41, 5.74) is 1.13. The van der Waals surface area contributed by atoms with E-state index >= 15 is 0 Å². The SMILES string of the molecule is Cc1nn(C)c(C)c1S(=O)(=O)NCCCOCCCl. The van der Waals surface area contributed by atoms with Gasteiger partial charge in [0.15, 0.2) is 0 Å². The number of hydrogen-bond donors (Lipinski definition) is 1. The second kappa shape index (κ2) is 7.23. The summed E-state index contributed by atoms with van der Waals surface area (Å²) < 4.78 is 33.6. The molecule has 0 bridgehead atoms. The van der Waals surface area contributed by atoms with Crippen LogP contribution in [-0.2, 0) is 21.8 Å². The number of ether oxygens (including phenoxy) is 1. The Bertz CT molecular complexity index is 514.